The largest absolute Gasteiger partial charge is 0.319 e. The first kappa shape index (κ1) is 16.4. The predicted molar refractivity (Wildman–Crippen MR) is 95.4 cm³/mol. The summed E-state index contributed by atoms with van der Waals surface area (Å²) < 4.78 is 16.9. The topological polar surface area (TPSA) is 46.9 Å². The minimum absolute atomic E-state index is 0.216. The highest BCUT2D eigenvalue weighted by molar-refractivity contribution is 9.13. The lowest BCUT2D eigenvalue weighted by atomic mass is 10.2. The summed E-state index contributed by atoms with van der Waals surface area (Å²) in [6.07, 6.45) is 3.21. The third kappa shape index (κ3) is 3.88. The summed E-state index contributed by atoms with van der Waals surface area (Å²) in [5, 5.41) is 6.91. The van der Waals surface area contributed by atoms with Crippen LogP contribution in [0.4, 0.5) is 10.1 Å². The van der Waals surface area contributed by atoms with Gasteiger partial charge in [0.25, 0.3) is 5.91 Å². The average Bonchev–Trinajstić information content (AvgIpc) is 3.09. The summed E-state index contributed by atoms with van der Waals surface area (Å²) in [6, 6.07) is 8.28. The normalized spacial score (nSPS) is 10.7. The predicted octanol–water partition coefficient (Wildman–Crippen LogP) is 4.91. The Morgan fingerprint density at radius 3 is 2.83 bits per heavy atom. The standard InChI is InChI=1S/C15H10Br2FN3OS/c16-11-5-13(23-14(11)17)15(22)20-10-6-19-21(8-10)7-9-3-1-2-4-12(9)18/h1-6,8H,7H2,(H,20,22). The van der Waals surface area contributed by atoms with Crippen LogP contribution in [0.5, 0.6) is 0 Å². The number of benzene rings is 1. The van der Waals surface area contributed by atoms with E-state index in [1.165, 1.54) is 23.6 Å². The van der Waals surface area contributed by atoms with Crippen LogP contribution in [0.2, 0.25) is 0 Å². The van der Waals surface area contributed by atoms with Crippen molar-refractivity contribution >= 4 is 54.8 Å². The average molecular weight is 459 g/mol. The minimum atomic E-state index is -0.276. The molecule has 8 heteroatoms. The summed E-state index contributed by atoms with van der Waals surface area (Å²) in [7, 11) is 0. The van der Waals surface area contributed by atoms with Gasteiger partial charge in [0.1, 0.15) is 5.82 Å². The molecule has 0 bridgehead atoms. The fourth-order valence-electron chi connectivity index (χ4n) is 1.97. The zero-order valence-electron chi connectivity index (χ0n) is 11.6. The molecule has 3 aromatic rings. The molecule has 0 unspecified atom stereocenters. The molecule has 0 radical (unpaired) electrons. The van der Waals surface area contributed by atoms with Crippen molar-refractivity contribution in [1.29, 1.82) is 0 Å². The number of carbonyl (C=O) groups excluding carboxylic acids is 1. The van der Waals surface area contributed by atoms with E-state index in [1.54, 1.807) is 35.1 Å². The quantitative estimate of drug-likeness (QED) is 0.603. The monoisotopic (exact) mass is 457 g/mol. The number of halogens is 3. The first-order valence-electron chi connectivity index (χ1n) is 6.55. The fraction of sp³-hybridized carbons (Fsp3) is 0.0667. The molecule has 0 atom stereocenters. The lowest BCUT2D eigenvalue weighted by Gasteiger charge is -2.03. The zero-order chi connectivity index (χ0) is 16.4. The number of hydrogen-bond donors (Lipinski definition) is 1. The molecule has 0 saturated carbocycles. The van der Waals surface area contributed by atoms with E-state index >= 15 is 0 Å². The van der Waals surface area contributed by atoms with Gasteiger partial charge >= 0.3 is 0 Å². The number of anilines is 1. The zero-order valence-corrected chi connectivity index (χ0v) is 15.6. The first-order valence-corrected chi connectivity index (χ1v) is 8.95. The molecule has 0 aliphatic carbocycles. The van der Waals surface area contributed by atoms with Crippen molar-refractivity contribution in [3.63, 3.8) is 0 Å². The van der Waals surface area contributed by atoms with Gasteiger partial charge in [-0.3, -0.25) is 9.48 Å². The van der Waals surface area contributed by atoms with Gasteiger partial charge in [0.05, 0.1) is 27.1 Å². The Morgan fingerprint density at radius 1 is 1.35 bits per heavy atom. The Morgan fingerprint density at radius 2 is 2.13 bits per heavy atom. The molecule has 0 aliphatic rings. The maximum atomic E-state index is 13.6. The number of amides is 1. The molecule has 0 fully saturated rings. The summed E-state index contributed by atoms with van der Waals surface area (Å²) in [5.41, 5.74) is 1.10. The van der Waals surface area contributed by atoms with Crippen LogP contribution >= 0.6 is 43.2 Å². The molecular weight excluding hydrogens is 449 g/mol. The highest BCUT2D eigenvalue weighted by atomic mass is 79.9. The smallest absolute Gasteiger partial charge is 0.265 e. The number of carbonyl (C=O) groups is 1. The Hall–Kier alpha value is -1.51. The highest BCUT2D eigenvalue weighted by Gasteiger charge is 2.13. The van der Waals surface area contributed by atoms with Gasteiger partial charge in [0.2, 0.25) is 0 Å². The van der Waals surface area contributed by atoms with Gasteiger partial charge in [-0.25, -0.2) is 4.39 Å². The molecule has 0 aliphatic heterocycles. The van der Waals surface area contributed by atoms with E-state index in [0.29, 0.717) is 22.7 Å². The fourth-order valence-corrected chi connectivity index (χ4v) is 3.90. The lowest BCUT2D eigenvalue weighted by Crippen LogP contribution is -2.09. The van der Waals surface area contributed by atoms with E-state index < -0.39 is 0 Å². The molecule has 1 N–H and O–H groups in total. The summed E-state index contributed by atoms with van der Waals surface area (Å²) in [4.78, 5) is 12.7. The molecule has 0 saturated heterocycles. The van der Waals surface area contributed by atoms with Gasteiger partial charge in [0.15, 0.2) is 0 Å². The molecular formula is C15H10Br2FN3OS. The molecule has 4 nitrogen and oxygen atoms in total. The maximum absolute atomic E-state index is 13.6. The third-order valence-corrected chi connectivity index (χ3v) is 6.31. The van der Waals surface area contributed by atoms with E-state index in [9.17, 15) is 9.18 Å². The molecule has 3 rings (SSSR count). The summed E-state index contributed by atoms with van der Waals surface area (Å²) in [6.45, 7) is 0.304. The second-order valence-electron chi connectivity index (χ2n) is 4.70. The minimum Gasteiger partial charge on any atom is -0.319 e. The van der Waals surface area contributed by atoms with Crippen LogP contribution < -0.4 is 5.32 Å². The molecule has 1 aromatic carbocycles. The van der Waals surface area contributed by atoms with Gasteiger partial charge in [0, 0.05) is 16.2 Å². The van der Waals surface area contributed by atoms with Crippen molar-refractivity contribution in [2.45, 2.75) is 6.54 Å². The second-order valence-corrected chi connectivity index (χ2v) is 7.93. The molecule has 0 spiro atoms. The Balaban J connectivity index is 1.70. The van der Waals surface area contributed by atoms with Gasteiger partial charge in [-0.2, -0.15) is 5.10 Å². The van der Waals surface area contributed by atoms with Gasteiger partial charge in [-0.1, -0.05) is 18.2 Å². The van der Waals surface area contributed by atoms with Crippen LogP contribution in [0.3, 0.4) is 0 Å². The number of thiophene rings is 1. The van der Waals surface area contributed by atoms with Crippen LogP contribution in [0.25, 0.3) is 0 Å². The van der Waals surface area contributed by atoms with Crippen molar-refractivity contribution < 1.29 is 9.18 Å². The van der Waals surface area contributed by atoms with E-state index in [0.717, 1.165) is 8.26 Å². The molecule has 23 heavy (non-hydrogen) atoms. The van der Waals surface area contributed by atoms with E-state index in [-0.39, 0.29) is 11.7 Å². The van der Waals surface area contributed by atoms with Crippen molar-refractivity contribution in [3.8, 4) is 0 Å². The van der Waals surface area contributed by atoms with E-state index in [1.807, 2.05) is 0 Å². The summed E-state index contributed by atoms with van der Waals surface area (Å²) in [5.74, 6) is -0.492. The van der Waals surface area contributed by atoms with Crippen LogP contribution in [0, 0.1) is 5.82 Å². The van der Waals surface area contributed by atoms with Gasteiger partial charge in [-0.15, -0.1) is 11.3 Å². The first-order chi connectivity index (χ1) is 11.0. The molecule has 2 aromatic heterocycles. The van der Waals surface area contributed by atoms with Crippen molar-refractivity contribution in [2.75, 3.05) is 5.32 Å². The Bertz CT molecular complexity index is 843. The Labute approximate surface area is 152 Å². The van der Waals surface area contributed by atoms with E-state index in [4.69, 9.17) is 0 Å². The number of nitrogens with zero attached hydrogens (tertiary/aromatic N) is 2. The molecule has 2 heterocycles. The maximum Gasteiger partial charge on any atom is 0.265 e. The highest BCUT2D eigenvalue weighted by Crippen LogP contribution is 2.32. The van der Waals surface area contributed by atoms with Crippen LogP contribution in [-0.2, 0) is 6.54 Å². The molecule has 1 amide bonds. The second kappa shape index (κ2) is 6.94. The van der Waals surface area contributed by atoms with Crippen LogP contribution in [0.15, 0.2) is 51.0 Å². The SMILES string of the molecule is O=C(Nc1cnn(Cc2ccccc2F)c1)c1cc(Br)c(Br)s1. The number of hydrogen-bond acceptors (Lipinski definition) is 3. The van der Waals surface area contributed by atoms with Crippen molar-refractivity contribution in [2.24, 2.45) is 0 Å². The Kier molecular flexibility index (Phi) is 4.93. The number of rotatable bonds is 4. The van der Waals surface area contributed by atoms with Crippen molar-refractivity contribution in [3.05, 3.63) is 67.2 Å². The third-order valence-electron chi connectivity index (χ3n) is 3.05. The van der Waals surface area contributed by atoms with Gasteiger partial charge < -0.3 is 5.32 Å². The molecule has 118 valence electrons. The van der Waals surface area contributed by atoms with Crippen LogP contribution in [-0.4, -0.2) is 15.7 Å². The summed E-state index contributed by atoms with van der Waals surface area (Å²) >= 11 is 8.04. The van der Waals surface area contributed by atoms with Gasteiger partial charge in [-0.05, 0) is 44.0 Å². The number of nitrogens with one attached hydrogen (secondary N) is 1. The van der Waals surface area contributed by atoms with Crippen molar-refractivity contribution in [1.82, 2.24) is 9.78 Å². The van der Waals surface area contributed by atoms with Crippen LogP contribution in [0.1, 0.15) is 15.2 Å². The lowest BCUT2D eigenvalue weighted by molar-refractivity contribution is 0.103. The van der Waals surface area contributed by atoms with E-state index in [2.05, 4.69) is 42.3 Å². The number of aromatic nitrogens is 2.